The third-order valence-corrected chi connectivity index (χ3v) is 5.17. The van der Waals surface area contributed by atoms with Crippen LogP contribution >= 0.6 is 11.8 Å². The van der Waals surface area contributed by atoms with Crippen LogP contribution in [0.5, 0.6) is 0 Å². The van der Waals surface area contributed by atoms with Gasteiger partial charge in [0.2, 0.25) is 0 Å². The fraction of sp³-hybridized carbons (Fsp3) is 0.500. The van der Waals surface area contributed by atoms with Crippen LogP contribution in [-0.4, -0.2) is 32.2 Å². The lowest BCUT2D eigenvalue weighted by Crippen LogP contribution is -2.27. The van der Waals surface area contributed by atoms with E-state index in [-0.39, 0.29) is 0 Å². The van der Waals surface area contributed by atoms with Crippen molar-refractivity contribution < 1.29 is 8.42 Å². The second-order valence-electron chi connectivity index (χ2n) is 4.36. The molecule has 0 spiro atoms. The summed E-state index contributed by atoms with van der Waals surface area (Å²) >= 11 is 1.98. The summed E-state index contributed by atoms with van der Waals surface area (Å²) < 4.78 is 22.6. The molecule has 2 rings (SSSR count). The molecule has 1 aromatic rings. The Labute approximate surface area is 107 Å². The van der Waals surface area contributed by atoms with Crippen LogP contribution in [0.15, 0.2) is 29.2 Å². The first-order valence-electron chi connectivity index (χ1n) is 5.66. The third kappa shape index (κ3) is 3.72. The van der Waals surface area contributed by atoms with Gasteiger partial charge in [-0.15, -0.1) is 0 Å². The molecule has 1 aliphatic heterocycles. The molecule has 94 valence electrons. The van der Waals surface area contributed by atoms with Gasteiger partial charge in [0.15, 0.2) is 9.84 Å². The summed E-state index contributed by atoms with van der Waals surface area (Å²) in [5, 5.41) is 3.49. The lowest BCUT2D eigenvalue weighted by molar-refractivity contribution is 0.557. The maximum atomic E-state index is 11.3. The van der Waals surface area contributed by atoms with E-state index in [1.807, 2.05) is 23.9 Å². The molecular weight excluding hydrogens is 254 g/mol. The van der Waals surface area contributed by atoms with Gasteiger partial charge in [-0.2, -0.15) is 11.8 Å². The summed E-state index contributed by atoms with van der Waals surface area (Å²) in [6.45, 7) is 0.815. The van der Waals surface area contributed by atoms with Crippen molar-refractivity contribution in [1.82, 2.24) is 5.32 Å². The number of nitrogens with one attached hydrogen (secondary N) is 1. The molecular formula is C12H17NO2S2. The van der Waals surface area contributed by atoms with Crippen molar-refractivity contribution in [2.24, 2.45) is 0 Å². The fourth-order valence-electron chi connectivity index (χ4n) is 1.81. The third-order valence-electron chi connectivity index (χ3n) is 2.88. The first kappa shape index (κ1) is 12.9. The van der Waals surface area contributed by atoms with E-state index in [0.29, 0.717) is 10.9 Å². The minimum atomic E-state index is -3.07. The normalized spacial score (nSPS) is 20.6. The number of thioether (sulfide) groups is 1. The van der Waals surface area contributed by atoms with Crippen LogP contribution in [0.4, 0.5) is 0 Å². The van der Waals surface area contributed by atoms with Crippen LogP contribution in [0, 0.1) is 0 Å². The summed E-state index contributed by atoms with van der Waals surface area (Å²) in [6.07, 6.45) is 2.46. The first-order chi connectivity index (χ1) is 8.05. The molecule has 1 unspecified atom stereocenters. The van der Waals surface area contributed by atoms with E-state index in [0.717, 1.165) is 12.1 Å². The number of sulfone groups is 1. The lowest BCUT2D eigenvalue weighted by Gasteiger charge is -2.11. The molecule has 17 heavy (non-hydrogen) atoms. The number of rotatable bonds is 4. The maximum Gasteiger partial charge on any atom is 0.175 e. The van der Waals surface area contributed by atoms with E-state index >= 15 is 0 Å². The van der Waals surface area contributed by atoms with Crippen molar-refractivity contribution in [2.45, 2.75) is 23.9 Å². The van der Waals surface area contributed by atoms with E-state index in [9.17, 15) is 8.42 Å². The molecule has 1 saturated heterocycles. The molecule has 3 nitrogen and oxygen atoms in total. The Balaban J connectivity index is 1.94. The number of hydrogen-bond acceptors (Lipinski definition) is 4. The lowest BCUT2D eigenvalue weighted by atomic mass is 10.2. The molecule has 1 heterocycles. The Kier molecular flexibility index (Phi) is 4.12. The summed E-state index contributed by atoms with van der Waals surface area (Å²) in [5.41, 5.74) is 1.13. The van der Waals surface area contributed by atoms with Gasteiger partial charge in [-0.3, -0.25) is 0 Å². The molecule has 0 aromatic heterocycles. The Morgan fingerprint density at radius 3 is 2.59 bits per heavy atom. The highest BCUT2D eigenvalue weighted by Crippen LogP contribution is 2.17. The van der Waals surface area contributed by atoms with Gasteiger partial charge in [0.05, 0.1) is 4.90 Å². The van der Waals surface area contributed by atoms with Crippen molar-refractivity contribution >= 4 is 21.6 Å². The number of benzene rings is 1. The topological polar surface area (TPSA) is 46.2 Å². The van der Waals surface area contributed by atoms with Gasteiger partial charge in [-0.05, 0) is 29.9 Å². The molecule has 0 aliphatic carbocycles. The average molecular weight is 271 g/mol. The van der Waals surface area contributed by atoms with Crippen molar-refractivity contribution in [3.8, 4) is 0 Å². The Bertz CT molecular complexity index is 462. The monoisotopic (exact) mass is 271 g/mol. The van der Waals surface area contributed by atoms with Crippen LogP contribution in [0.1, 0.15) is 12.0 Å². The Hall–Kier alpha value is -0.520. The quantitative estimate of drug-likeness (QED) is 0.905. The fourth-order valence-corrected chi connectivity index (χ4v) is 3.63. The van der Waals surface area contributed by atoms with E-state index in [2.05, 4.69) is 5.32 Å². The van der Waals surface area contributed by atoms with Gasteiger partial charge in [-0.25, -0.2) is 8.42 Å². The zero-order valence-corrected chi connectivity index (χ0v) is 11.5. The zero-order chi connectivity index (χ0) is 12.3. The van der Waals surface area contributed by atoms with E-state index < -0.39 is 9.84 Å². The predicted molar refractivity (Wildman–Crippen MR) is 72.1 cm³/mol. The number of hydrogen-bond donors (Lipinski definition) is 1. The van der Waals surface area contributed by atoms with Crippen LogP contribution < -0.4 is 5.32 Å². The second-order valence-corrected chi connectivity index (χ2v) is 7.52. The zero-order valence-electron chi connectivity index (χ0n) is 9.85. The standard InChI is InChI=1S/C12H17NO2S2/c1-17(14,15)12-4-2-10(3-5-12)8-13-11-6-7-16-9-11/h2-5,11,13H,6-9H2,1H3. The summed E-state index contributed by atoms with van der Waals surface area (Å²) in [7, 11) is -3.07. The minimum Gasteiger partial charge on any atom is -0.309 e. The summed E-state index contributed by atoms with van der Waals surface area (Å²) in [5.74, 6) is 2.42. The van der Waals surface area contributed by atoms with Crippen LogP contribution in [-0.2, 0) is 16.4 Å². The van der Waals surface area contributed by atoms with Crippen molar-refractivity contribution in [3.05, 3.63) is 29.8 Å². The summed E-state index contributed by atoms with van der Waals surface area (Å²) in [6, 6.07) is 7.72. The highest BCUT2D eigenvalue weighted by atomic mass is 32.2. The highest BCUT2D eigenvalue weighted by Gasteiger charge is 2.14. The van der Waals surface area contributed by atoms with Crippen molar-refractivity contribution in [2.75, 3.05) is 17.8 Å². The van der Waals surface area contributed by atoms with Crippen molar-refractivity contribution in [1.29, 1.82) is 0 Å². The molecule has 0 saturated carbocycles. The van der Waals surface area contributed by atoms with E-state index in [4.69, 9.17) is 0 Å². The van der Waals surface area contributed by atoms with Gasteiger partial charge >= 0.3 is 0 Å². The minimum absolute atomic E-state index is 0.387. The molecule has 5 heteroatoms. The molecule has 1 aliphatic rings. The molecule has 0 amide bonds. The van der Waals surface area contributed by atoms with Gasteiger partial charge in [0.25, 0.3) is 0 Å². The van der Waals surface area contributed by atoms with E-state index in [1.165, 1.54) is 24.2 Å². The van der Waals surface area contributed by atoms with Gasteiger partial charge < -0.3 is 5.32 Å². The smallest absolute Gasteiger partial charge is 0.175 e. The second kappa shape index (κ2) is 5.42. The van der Waals surface area contributed by atoms with Crippen LogP contribution in [0.3, 0.4) is 0 Å². The molecule has 1 aromatic carbocycles. The Morgan fingerprint density at radius 2 is 2.06 bits per heavy atom. The Morgan fingerprint density at radius 1 is 1.35 bits per heavy atom. The predicted octanol–water partition coefficient (Wildman–Crippen LogP) is 1.69. The largest absolute Gasteiger partial charge is 0.309 e. The van der Waals surface area contributed by atoms with Crippen LogP contribution in [0.2, 0.25) is 0 Å². The molecule has 1 fully saturated rings. The molecule has 1 atom stereocenters. The van der Waals surface area contributed by atoms with E-state index in [1.54, 1.807) is 12.1 Å². The SMILES string of the molecule is CS(=O)(=O)c1ccc(CNC2CCSC2)cc1. The van der Waals surface area contributed by atoms with Gasteiger partial charge in [-0.1, -0.05) is 12.1 Å². The highest BCUT2D eigenvalue weighted by molar-refractivity contribution is 7.99. The first-order valence-corrected chi connectivity index (χ1v) is 8.70. The summed E-state index contributed by atoms with van der Waals surface area (Å²) in [4.78, 5) is 0.387. The van der Waals surface area contributed by atoms with Gasteiger partial charge in [0, 0.05) is 24.6 Å². The average Bonchev–Trinajstić information content (AvgIpc) is 2.78. The molecule has 0 bridgehead atoms. The maximum absolute atomic E-state index is 11.3. The molecule has 0 radical (unpaired) electrons. The molecule has 1 N–H and O–H groups in total. The van der Waals surface area contributed by atoms with Gasteiger partial charge in [0.1, 0.15) is 0 Å². The van der Waals surface area contributed by atoms with Crippen LogP contribution in [0.25, 0.3) is 0 Å². The van der Waals surface area contributed by atoms with Crippen molar-refractivity contribution in [3.63, 3.8) is 0 Å².